The van der Waals surface area contributed by atoms with Crippen molar-refractivity contribution in [1.82, 2.24) is 0 Å². The van der Waals surface area contributed by atoms with E-state index < -0.39 is 5.82 Å². The number of anilines is 1. The van der Waals surface area contributed by atoms with Crippen LogP contribution in [0.3, 0.4) is 0 Å². The lowest BCUT2D eigenvalue weighted by atomic mass is 10.1. The highest BCUT2D eigenvalue weighted by Crippen LogP contribution is 2.25. The Hall–Kier alpha value is -1.87. The molecule has 2 aromatic rings. The summed E-state index contributed by atoms with van der Waals surface area (Å²) in [4.78, 5) is 12.0. The molecule has 0 aliphatic carbocycles. The number of hydrogen-bond acceptors (Lipinski definition) is 1. The van der Waals surface area contributed by atoms with Gasteiger partial charge in [-0.2, -0.15) is 0 Å². The zero-order chi connectivity index (χ0) is 13.1. The van der Waals surface area contributed by atoms with Crippen LogP contribution in [-0.2, 0) is 0 Å². The average molecular weight is 264 g/mol. The minimum atomic E-state index is -0.556. The first-order valence-corrected chi connectivity index (χ1v) is 5.78. The molecule has 2 nitrogen and oxygen atoms in total. The first kappa shape index (κ1) is 12.6. The number of halogens is 2. The largest absolute Gasteiger partial charge is 0.321 e. The first-order valence-electron chi connectivity index (χ1n) is 5.40. The van der Waals surface area contributed by atoms with Crippen LogP contribution in [0.5, 0.6) is 0 Å². The molecule has 0 saturated carbocycles. The molecule has 2 rings (SSSR count). The van der Waals surface area contributed by atoms with Crippen LogP contribution in [0.25, 0.3) is 0 Å². The molecule has 0 fully saturated rings. The fourth-order valence-corrected chi connectivity index (χ4v) is 1.79. The van der Waals surface area contributed by atoms with Gasteiger partial charge in [-0.1, -0.05) is 35.9 Å². The molecular weight excluding hydrogens is 253 g/mol. The smallest absolute Gasteiger partial charge is 0.255 e. The molecule has 1 N–H and O–H groups in total. The van der Waals surface area contributed by atoms with Crippen molar-refractivity contribution in [1.29, 1.82) is 0 Å². The molecule has 0 radical (unpaired) electrons. The number of hydrogen-bond donors (Lipinski definition) is 1. The minimum Gasteiger partial charge on any atom is -0.321 e. The van der Waals surface area contributed by atoms with E-state index in [0.717, 1.165) is 5.56 Å². The Bertz CT molecular complexity index is 598. The molecule has 0 aromatic heterocycles. The van der Waals surface area contributed by atoms with Gasteiger partial charge in [-0.05, 0) is 30.7 Å². The van der Waals surface area contributed by atoms with Crippen LogP contribution in [0.1, 0.15) is 15.9 Å². The summed E-state index contributed by atoms with van der Waals surface area (Å²) in [5.41, 5.74) is 1.66. The van der Waals surface area contributed by atoms with Gasteiger partial charge in [0.05, 0.1) is 10.7 Å². The van der Waals surface area contributed by atoms with E-state index in [1.165, 1.54) is 12.1 Å². The second-order valence-corrected chi connectivity index (χ2v) is 4.25. The quantitative estimate of drug-likeness (QED) is 0.870. The molecular formula is C14H11ClFNO. The van der Waals surface area contributed by atoms with E-state index >= 15 is 0 Å². The SMILES string of the molecule is Cc1ccccc1C(=O)Nc1cccc(F)c1Cl. The standard InChI is InChI=1S/C14H11ClFNO/c1-9-5-2-3-6-10(9)14(18)17-12-8-4-7-11(16)13(12)15/h2-8H,1H3,(H,17,18). The minimum absolute atomic E-state index is 0.0839. The Kier molecular flexibility index (Phi) is 3.63. The van der Waals surface area contributed by atoms with Gasteiger partial charge in [0, 0.05) is 5.56 Å². The van der Waals surface area contributed by atoms with Crippen molar-refractivity contribution >= 4 is 23.2 Å². The zero-order valence-corrected chi connectivity index (χ0v) is 10.5. The number of nitrogens with one attached hydrogen (secondary N) is 1. The normalized spacial score (nSPS) is 10.2. The maximum absolute atomic E-state index is 13.2. The summed E-state index contributed by atoms with van der Waals surface area (Å²) in [6.45, 7) is 1.84. The summed E-state index contributed by atoms with van der Waals surface area (Å²) >= 11 is 5.77. The molecule has 0 saturated heterocycles. The van der Waals surface area contributed by atoms with Crippen LogP contribution in [0.15, 0.2) is 42.5 Å². The van der Waals surface area contributed by atoms with Crippen molar-refractivity contribution in [2.24, 2.45) is 0 Å². The summed E-state index contributed by atoms with van der Waals surface area (Å²) in [6, 6.07) is 11.5. The predicted molar refractivity (Wildman–Crippen MR) is 70.5 cm³/mol. The van der Waals surface area contributed by atoms with Crippen LogP contribution in [0, 0.1) is 12.7 Å². The number of aryl methyl sites for hydroxylation is 1. The number of carbonyl (C=O) groups excluding carboxylic acids is 1. The molecule has 92 valence electrons. The van der Waals surface area contributed by atoms with Gasteiger partial charge in [-0.25, -0.2) is 4.39 Å². The van der Waals surface area contributed by atoms with Crippen molar-refractivity contribution in [3.05, 3.63) is 64.4 Å². The number of rotatable bonds is 2. The van der Waals surface area contributed by atoms with E-state index in [0.29, 0.717) is 5.56 Å². The van der Waals surface area contributed by atoms with Crippen molar-refractivity contribution in [3.8, 4) is 0 Å². The van der Waals surface area contributed by atoms with Gasteiger partial charge in [0.1, 0.15) is 5.82 Å². The third kappa shape index (κ3) is 2.51. The lowest BCUT2D eigenvalue weighted by Crippen LogP contribution is -2.13. The molecule has 0 spiro atoms. The third-order valence-electron chi connectivity index (χ3n) is 2.59. The van der Waals surface area contributed by atoms with Crippen LogP contribution in [-0.4, -0.2) is 5.91 Å². The van der Waals surface area contributed by atoms with Crippen LogP contribution in [0.4, 0.5) is 10.1 Å². The second kappa shape index (κ2) is 5.19. The highest BCUT2D eigenvalue weighted by Gasteiger charge is 2.12. The lowest BCUT2D eigenvalue weighted by molar-refractivity contribution is 0.102. The van der Waals surface area contributed by atoms with Gasteiger partial charge >= 0.3 is 0 Å². The lowest BCUT2D eigenvalue weighted by Gasteiger charge is -2.09. The van der Waals surface area contributed by atoms with Gasteiger partial charge in [0.15, 0.2) is 0 Å². The summed E-state index contributed by atoms with van der Waals surface area (Å²) in [6.07, 6.45) is 0. The van der Waals surface area contributed by atoms with Crippen molar-refractivity contribution in [2.45, 2.75) is 6.92 Å². The van der Waals surface area contributed by atoms with E-state index in [1.807, 2.05) is 19.1 Å². The average Bonchev–Trinajstić information content (AvgIpc) is 2.35. The molecule has 0 unspecified atom stereocenters. The fraction of sp³-hybridized carbons (Fsp3) is 0.0714. The topological polar surface area (TPSA) is 29.1 Å². The van der Waals surface area contributed by atoms with Gasteiger partial charge in [0.25, 0.3) is 5.91 Å². The van der Waals surface area contributed by atoms with E-state index in [1.54, 1.807) is 18.2 Å². The Morgan fingerprint density at radius 3 is 2.61 bits per heavy atom. The predicted octanol–water partition coefficient (Wildman–Crippen LogP) is 4.04. The third-order valence-corrected chi connectivity index (χ3v) is 2.97. The van der Waals surface area contributed by atoms with Crippen LogP contribution >= 0.6 is 11.6 Å². The Morgan fingerprint density at radius 2 is 1.89 bits per heavy atom. The summed E-state index contributed by atoms with van der Waals surface area (Å²) in [7, 11) is 0. The maximum Gasteiger partial charge on any atom is 0.255 e. The van der Waals surface area contributed by atoms with E-state index in [4.69, 9.17) is 11.6 Å². The van der Waals surface area contributed by atoms with E-state index in [2.05, 4.69) is 5.32 Å². The summed E-state index contributed by atoms with van der Waals surface area (Å²) in [5, 5.41) is 2.51. The van der Waals surface area contributed by atoms with Crippen LogP contribution in [0.2, 0.25) is 5.02 Å². The first-order chi connectivity index (χ1) is 8.59. The van der Waals surface area contributed by atoms with Gasteiger partial charge in [-0.15, -0.1) is 0 Å². The zero-order valence-electron chi connectivity index (χ0n) is 9.71. The molecule has 0 bridgehead atoms. The molecule has 1 amide bonds. The number of benzene rings is 2. The monoisotopic (exact) mass is 263 g/mol. The molecule has 18 heavy (non-hydrogen) atoms. The van der Waals surface area contributed by atoms with Gasteiger partial charge < -0.3 is 5.32 Å². The van der Waals surface area contributed by atoms with E-state index in [9.17, 15) is 9.18 Å². The Balaban J connectivity index is 2.27. The van der Waals surface area contributed by atoms with Crippen molar-refractivity contribution in [3.63, 3.8) is 0 Å². The Morgan fingerprint density at radius 1 is 1.17 bits per heavy atom. The number of amides is 1. The highest BCUT2D eigenvalue weighted by atomic mass is 35.5. The van der Waals surface area contributed by atoms with Crippen molar-refractivity contribution in [2.75, 3.05) is 5.32 Å². The molecule has 0 aliphatic heterocycles. The summed E-state index contributed by atoms with van der Waals surface area (Å²) in [5.74, 6) is -0.861. The molecule has 4 heteroatoms. The Labute approximate surface area is 109 Å². The summed E-state index contributed by atoms with van der Waals surface area (Å²) < 4.78 is 13.2. The van der Waals surface area contributed by atoms with Crippen molar-refractivity contribution < 1.29 is 9.18 Å². The molecule has 0 heterocycles. The van der Waals surface area contributed by atoms with Crippen LogP contribution < -0.4 is 5.32 Å². The van der Waals surface area contributed by atoms with E-state index in [-0.39, 0.29) is 16.6 Å². The number of carbonyl (C=O) groups is 1. The van der Waals surface area contributed by atoms with Gasteiger partial charge in [0.2, 0.25) is 0 Å². The highest BCUT2D eigenvalue weighted by molar-refractivity contribution is 6.34. The maximum atomic E-state index is 13.2. The second-order valence-electron chi connectivity index (χ2n) is 3.87. The van der Waals surface area contributed by atoms with Gasteiger partial charge in [-0.3, -0.25) is 4.79 Å². The molecule has 2 aromatic carbocycles. The molecule has 0 aliphatic rings. The fourth-order valence-electron chi connectivity index (χ4n) is 1.62. The molecule has 0 atom stereocenters.